The average molecular weight is 525 g/mol. The van der Waals surface area contributed by atoms with Gasteiger partial charge in [-0.2, -0.15) is 0 Å². The monoisotopic (exact) mass is 524 g/mol. The predicted octanol–water partition coefficient (Wildman–Crippen LogP) is 7.49. The highest BCUT2D eigenvalue weighted by Gasteiger charge is 2.61. The third-order valence-corrected chi connectivity index (χ3v) is 10.7. The van der Waals surface area contributed by atoms with E-state index in [1.807, 2.05) is 0 Å². The van der Waals surface area contributed by atoms with Gasteiger partial charge in [-0.15, -0.1) is 0 Å². The summed E-state index contributed by atoms with van der Waals surface area (Å²) in [5.41, 5.74) is 5.33. The van der Waals surface area contributed by atoms with Crippen molar-refractivity contribution in [3.63, 3.8) is 0 Å². The fourth-order valence-corrected chi connectivity index (χ4v) is 9.21. The van der Waals surface area contributed by atoms with Crippen LogP contribution in [0.4, 0.5) is 0 Å². The van der Waals surface area contributed by atoms with Crippen LogP contribution >= 0.6 is 0 Å². The maximum atomic E-state index is 13.4. The van der Waals surface area contributed by atoms with Crippen LogP contribution in [-0.2, 0) is 16.6 Å². The molecule has 4 rings (SSSR count). The van der Waals surface area contributed by atoms with E-state index in [1.54, 1.807) is 5.56 Å². The zero-order valence-corrected chi connectivity index (χ0v) is 25.9. The molecule has 2 saturated carbocycles. The van der Waals surface area contributed by atoms with Crippen LogP contribution < -0.4 is 15.4 Å². The van der Waals surface area contributed by atoms with Gasteiger partial charge < -0.3 is 15.4 Å². The van der Waals surface area contributed by atoms with Gasteiger partial charge in [0.05, 0.1) is 0 Å². The molecule has 0 radical (unpaired) electrons. The fourth-order valence-electron chi connectivity index (χ4n) is 9.21. The molecule has 0 saturated heterocycles. The number of benzene rings is 1. The number of hydrogen-bond donors (Lipinski definition) is 2. The molecule has 0 aliphatic heterocycles. The van der Waals surface area contributed by atoms with Crippen LogP contribution in [-0.4, -0.2) is 30.6 Å². The molecule has 38 heavy (non-hydrogen) atoms. The van der Waals surface area contributed by atoms with E-state index in [0.717, 1.165) is 43.9 Å². The molecule has 214 valence electrons. The van der Waals surface area contributed by atoms with Gasteiger partial charge in [-0.05, 0) is 115 Å². The minimum Gasteiger partial charge on any atom is -0.425 e. The van der Waals surface area contributed by atoms with Gasteiger partial charge in [0, 0.05) is 12.1 Å². The first-order valence-electron chi connectivity index (χ1n) is 15.6. The molecule has 4 heteroatoms. The summed E-state index contributed by atoms with van der Waals surface area (Å²) in [4.78, 5) is 13.4. The Labute approximate surface area is 233 Å². The van der Waals surface area contributed by atoms with Crippen molar-refractivity contribution in [3.05, 3.63) is 28.8 Å². The lowest BCUT2D eigenvalue weighted by atomic mass is 9.43. The zero-order valence-electron chi connectivity index (χ0n) is 25.9. The Morgan fingerprint density at radius 2 is 1.74 bits per heavy atom. The molecule has 0 bridgehead atoms. The van der Waals surface area contributed by atoms with Gasteiger partial charge in [0.1, 0.15) is 11.8 Å². The van der Waals surface area contributed by atoms with Crippen molar-refractivity contribution < 1.29 is 9.53 Å². The van der Waals surface area contributed by atoms with E-state index >= 15 is 0 Å². The molecule has 2 fully saturated rings. The molecule has 0 amide bonds. The summed E-state index contributed by atoms with van der Waals surface area (Å²) in [6.45, 7) is 22.0. The molecular formula is C34H56N2O2. The largest absolute Gasteiger partial charge is 0.425 e. The number of unbranched alkanes of at least 4 members (excludes halogenated alkanes) is 1. The molecule has 1 aromatic carbocycles. The van der Waals surface area contributed by atoms with E-state index in [1.165, 1.54) is 43.2 Å². The highest BCUT2D eigenvalue weighted by atomic mass is 16.5. The van der Waals surface area contributed by atoms with Gasteiger partial charge in [-0.3, -0.25) is 0 Å². The molecule has 5 atom stereocenters. The van der Waals surface area contributed by atoms with Crippen LogP contribution in [0.15, 0.2) is 12.1 Å². The average Bonchev–Trinajstić information content (AvgIpc) is 3.11. The second-order valence-corrected chi connectivity index (χ2v) is 14.8. The molecule has 3 aliphatic rings. The maximum Gasteiger partial charge on any atom is 0.328 e. The van der Waals surface area contributed by atoms with E-state index in [-0.39, 0.29) is 23.5 Å². The van der Waals surface area contributed by atoms with Crippen molar-refractivity contribution in [2.45, 2.75) is 144 Å². The number of fused-ring (bicyclic) bond motifs is 5. The van der Waals surface area contributed by atoms with Gasteiger partial charge >= 0.3 is 5.97 Å². The third-order valence-electron chi connectivity index (χ3n) is 10.7. The number of rotatable bonds is 10. The Bertz CT molecular complexity index is 998. The molecule has 0 spiro atoms. The fraction of sp³-hybridized carbons (Fsp3) is 0.794. The Balaban J connectivity index is 1.50. The normalized spacial score (nSPS) is 30.6. The number of hydrogen-bond acceptors (Lipinski definition) is 4. The van der Waals surface area contributed by atoms with Crippen LogP contribution in [0.5, 0.6) is 5.75 Å². The van der Waals surface area contributed by atoms with Crippen molar-refractivity contribution in [3.8, 4) is 5.75 Å². The van der Waals surface area contributed by atoms with Crippen LogP contribution in [0.2, 0.25) is 0 Å². The summed E-state index contributed by atoms with van der Waals surface area (Å²) >= 11 is 0. The van der Waals surface area contributed by atoms with Crippen molar-refractivity contribution in [2.75, 3.05) is 6.54 Å². The highest BCUT2D eigenvalue weighted by Crippen LogP contribution is 2.67. The minimum absolute atomic E-state index is 0.141. The van der Waals surface area contributed by atoms with E-state index < -0.39 is 0 Å². The number of carbonyl (C=O) groups is 1. The Hall–Kier alpha value is -1.39. The number of aryl methyl sites for hydroxylation is 1. The van der Waals surface area contributed by atoms with Crippen molar-refractivity contribution in [2.24, 2.45) is 22.7 Å². The zero-order chi connectivity index (χ0) is 27.9. The van der Waals surface area contributed by atoms with E-state index in [2.05, 4.69) is 85.1 Å². The number of esters is 1. The summed E-state index contributed by atoms with van der Waals surface area (Å²) in [6.07, 6.45) is 10.7. The van der Waals surface area contributed by atoms with Crippen molar-refractivity contribution in [1.82, 2.24) is 10.6 Å². The lowest BCUT2D eigenvalue weighted by Gasteiger charge is -2.61. The molecule has 0 heterocycles. The molecular weight excluding hydrogens is 468 g/mol. The predicted molar refractivity (Wildman–Crippen MR) is 159 cm³/mol. The molecule has 4 nitrogen and oxygen atoms in total. The van der Waals surface area contributed by atoms with Crippen LogP contribution in [0, 0.1) is 29.6 Å². The van der Waals surface area contributed by atoms with E-state index in [9.17, 15) is 4.79 Å². The third kappa shape index (κ3) is 5.73. The van der Waals surface area contributed by atoms with Crippen molar-refractivity contribution in [1.29, 1.82) is 0 Å². The lowest BCUT2D eigenvalue weighted by Crippen LogP contribution is -2.55. The first-order chi connectivity index (χ1) is 17.8. The standard InChI is InChI=1S/C34H56N2O2/c1-22(2)35-18-11-10-13-27(36-23(3)4)31(37)38-26-19-24(5)30-25(20-26)21-29-33(8)16-12-15-32(6,7)28(33)14-17-34(29,30)9/h19-20,22-23,27-29,35-36H,10-18,21H2,1-9H3/t27?,28-,29?,33?,34?/m0/s1. The minimum atomic E-state index is -0.271. The van der Waals surface area contributed by atoms with Crippen molar-refractivity contribution >= 4 is 5.97 Å². The summed E-state index contributed by atoms with van der Waals surface area (Å²) in [5, 5.41) is 6.93. The second-order valence-electron chi connectivity index (χ2n) is 14.8. The van der Waals surface area contributed by atoms with E-state index in [0.29, 0.717) is 22.8 Å². The molecule has 0 aromatic heterocycles. The summed E-state index contributed by atoms with van der Waals surface area (Å²) in [5.74, 6) is 2.06. The van der Waals surface area contributed by atoms with Gasteiger partial charge in [0.25, 0.3) is 0 Å². The quantitative estimate of drug-likeness (QED) is 0.189. The SMILES string of the molecule is Cc1cc(OC(=O)C(CCCCNC(C)C)NC(C)C)cc2c1C1(C)CC[C@H]3C(C)(C)CCCC3(C)C1C2. The van der Waals surface area contributed by atoms with Gasteiger partial charge in [-0.1, -0.05) is 68.2 Å². The maximum absolute atomic E-state index is 13.4. The smallest absolute Gasteiger partial charge is 0.328 e. The van der Waals surface area contributed by atoms with Crippen LogP contribution in [0.3, 0.4) is 0 Å². The lowest BCUT2D eigenvalue weighted by molar-refractivity contribution is -0.137. The summed E-state index contributed by atoms with van der Waals surface area (Å²) in [6, 6.07) is 4.82. The first kappa shape index (κ1) is 29.6. The molecule has 2 N–H and O–H groups in total. The van der Waals surface area contributed by atoms with Crippen LogP contribution in [0.1, 0.15) is 123 Å². The number of carbonyl (C=O) groups excluding carboxylic acids is 1. The Morgan fingerprint density at radius 1 is 1.00 bits per heavy atom. The number of nitrogens with one attached hydrogen (secondary N) is 2. The Kier molecular flexibility index (Phi) is 8.75. The van der Waals surface area contributed by atoms with E-state index in [4.69, 9.17) is 4.74 Å². The summed E-state index contributed by atoms with van der Waals surface area (Å²) in [7, 11) is 0. The van der Waals surface area contributed by atoms with Gasteiger partial charge in [0.2, 0.25) is 0 Å². The molecule has 1 aromatic rings. The highest BCUT2D eigenvalue weighted by molar-refractivity contribution is 5.78. The molecule has 3 aliphatic carbocycles. The van der Waals surface area contributed by atoms with Gasteiger partial charge in [0.15, 0.2) is 0 Å². The summed E-state index contributed by atoms with van der Waals surface area (Å²) < 4.78 is 6.11. The topological polar surface area (TPSA) is 50.4 Å². The number of ether oxygens (including phenoxy) is 1. The van der Waals surface area contributed by atoms with Gasteiger partial charge in [-0.25, -0.2) is 4.79 Å². The van der Waals surface area contributed by atoms with Crippen LogP contribution in [0.25, 0.3) is 0 Å². The Morgan fingerprint density at radius 3 is 2.42 bits per heavy atom. The second kappa shape index (κ2) is 11.2. The molecule has 4 unspecified atom stereocenters. The first-order valence-corrected chi connectivity index (χ1v) is 15.6.